The average Bonchev–Trinajstić information content (AvgIpc) is 2.48. The molecule has 3 aromatic rings. The maximum atomic E-state index is 11.3. The molecule has 5 nitrogen and oxygen atoms in total. The van der Waals surface area contributed by atoms with E-state index in [0.717, 1.165) is 16.8 Å². The maximum absolute atomic E-state index is 11.3. The molecule has 0 bridgehead atoms. The van der Waals surface area contributed by atoms with Gasteiger partial charge in [0.15, 0.2) is 0 Å². The molecule has 3 rings (SSSR count). The van der Waals surface area contributed by atoms with E-state index in [1.54, 1.807) is 24.4 Å². The fourth-order valence-electron chi connectivity index (χ4n) is 2.24. The average molecular weight is 279 g/mol. The molecule has 0 aliphatic carbocycles. The Balaban J connectivity index is 2.28. The highest BCUT2D eigenvalue weighted by Crippen LogP contribution is 2.29. The number of benzene rings is 1. The lowest BCUT2D eigenvalue weighted by Crippen LogP contribution is -1.95. The van der Waals surface area contributed by atoms with E-state index in [9.17, 15) is 10.1 Å². The van der Waals surface area contributed by atoms with Gasteiger partial charge in [0.2, 0.25) is 0 Å². The van der Waals surface area contributed by atoms with Crippen LogP contribution >= 0.6 is 0 Å². The van der Waals surface area contributed by atoms with Crippen LogP contribution in [0.3, 0.4) is 0 Å². The highest BCUT2D eigenvalue weighted by atomic mass is 16.6. The molecule has 21 heavy (non-hydrogen) atoms. The number of para-hydroxylation sites is 1. The van der Waals surface area contributed by atoms with Gasteiger partial charge in [0.05, 0.1) is 21.5 Å². The van der Waals surface area contributed by atoms with Gasteiger partial charge in [0.25, 0.3) is 5.69 Å². The van der Waals surface area contributed by atoms with Gasteiger partial charge >= 0.3 is 0 Å². The molecule has 0 fully saturated rings. The van der Waals surface area contributed by atoms with E-state index >= 15 is 0 Å². The van der Waals surface area contributed by atoms with Gasteiger partial charge in [0.1, 0.15) is 0 Å². The number of aryl methyl sites for hydroxylation is 2. The summed E-state index contributed by atoms with van der Waals surface area (Å²) >= 11 is 0. The van der Waals surface area contributed by atoms with Crippen LogP contribution in [0, 0.1) is 24.0 Å². The molecule has 0 N–H and O–H groups in total. The standard InChI is InChI=1S/C16H13N3O2/c1-10-7-12(9-17-11(10)2)15-8-16(19(20)21)13-5-3-4-6-14(13)18-15/h3-9H,1-2H3. The molecular formula is C16H13N3O2. The molecule has 0 amide bonds. The topological polar surface area (TPSA) is 68.9 Å². The van der Waals surface area contributed by atoms with Gasteiger partial charge in [-0.25, -0.2) is 4.98 Å². The number of fused-ring (bicyclic) bond motifs is 1. The van der Waals surface area contributed by atoms with Gasteiger partial charge in [-0.1, -0.05) is 12.1 Å². The summed E-state index contributed by atoms with van der Waals surface area (Å²) in [5, 5.41) is 11.8. The first-order valence-electron chi connectivity index (χ1n) is 6.54. The molecule has 0 saturated carbocycles. The molecule has 0 radical (unpaired) electrons. The van der Waals surface area contributed by atoms with Gasteiger partial charge in [-0.2, -0.15) is 0 Å². The van der Waals surface area contributed by atoms with Crippen molar-refractivity contribution in [3.63, 3.8) is 0 Å². The van der Waals surface area contributed by atoms with Crippen LogP contribution in [0.1, 0.15) is 11.3 Å². The number of nitro groups is 1. The normalized spacial score (nSPS) is 10.8. The summed E-state index contributed by atoms with van der Waals surface area (Å²) in [6.45, 7) is 3.89. The van der Waals surface area contributed by atoms with E-state index in [1.165, 1.54) is 6.07 Å². The van der Waals surface area contributed by atoms with E-state index in [0.29, 0.717) is 16.6 Å². The third-order valence-electron chi connectivity index (χ3n) is 3.53. The quantitative estimate of drug-likeness (QED) is 0.528. The van der Waals surface area contributed by atoms with Crippen molar-refractivity contribution >= 4 is 16.6 Å². The van der Waals surface area contributed by atoms with Crippen molar-refractivity contribution in [2.45, 2.75) is 13.8 Å². The Bertz CT molecular complexity index is 859. The Hall–Kier alpha value is -2.82. The summed E-state index contributed by atoms with van der Waals surface area (Å²) in [5.74, 6) is 0. The first-order valence-corrected chi connectivity index (χ1v) is 6.54. The van der Waals surface area contributed by atoms with Crippen molar-refractivity contribution in [3.05, 3.63) is 64.0 Å². The number of aromatic nitrogens is 2. The first kappa shape index (κ1) is 13.2. The number of rotatable bonds is 2. The molecular weight excluding hydrogens is 266 g/mol. The summed E-state index contributed by atoms with van der Waals surface area (Å²) in [5.41, 5.74) is 4.00. The van der Waals surface area contributed by atoms with Crippen LogP contribution in [-0.4, -0.2) is 14.9 Å². The molecule has 0 atom stereocenters. The molecule has 0 unspecified atom stereocenters. The molecule has 0 saturated heterocycles. The van der Waals surface area contributed by atoms with Gasteiger partial charge in [-0.05, 0) is 37.6 Å². The van der Waals surface area contributed by atoms with Gasteiger partial charge in [-0.15, -0.1) is 0 Å². The van der Waals surface area contributed by atoms with Crippen LogP contribution in [0.5, 0.6) is 0 Å². The summed E-state index contributed by atoms with van der Waals surface area (Å²) < 4.78 is 0. The highest BCUT2D eigenvalue weighted by molar-refractivity contribution is 5.90. The number of hydrogen-bond acceptors (Lipinski definition) is 4. The molecule has 2 heterocycles. The van der Waals surface area contributed by atoms with Crippen LogP contribution in [-0.2, 0) is 0 Å². The Morgan fingerprint density at radius 1 is 1.14 bits per heavy atom. The largest absolute Gasteiger partial charge is 0.280 e. The zero-order valence-corrected chi connectivity index (χ0v) is 11.7. The number of nitrogens with zero attached hydrogens (tertiary/aromatic N) is 3. The van der Waals surface area contributed by atoms with E-state index in [1.807, 2.05) is 26.0 Å². The number of hydrogen-bond donors (Lipinski definition) is 0. The maximum Gasteiger partial charge on any atom is 0.280 e. The van der Waals surface area contributed by atoms with Crippen LogP contribution in [0.4, 0.5) is 5.69 Å². The monoisotopic (exact) mass is 279 g/mol. The second-order valence-corrected chi connectivity index (χ2v) is 4.93. The van der Waals surface area contributed by atoms with E-state index in [-0.39, 0.29) is 10.6 Å². The van der Waals surface area contributed by atoms with Gasteiger partial charge in [-0.3, -0.25) is 15.1 Å². The summed E-state index contributed by atoms with van der Waals surface area (Å²) in [4.78, 5) is 19.7. The molecule has 0 spiro atoms. The van der Waals surface area contributed by atoms with Crippen molar-refractivity contribution in [3.8, 4) is 11.3 Å². The lowest BCUT2D eigenvalue weighted by molar-refractivity contribution is -0.383. The summed E-state index contributed by atoms with van der Waals surface area (Å²) in [6, 6.07) is 10.5. The molecule has 1 aromatic carbocycles. The SMILES string of the molecule is Cc1cc(-c2cc([N+](=O)[O-])c3ccccc3n2)cnc1C. The molecule has 0 aliphatic rings. The van der Waals surface area contributed by atoms with E-state index in [4.69, 9.17) is 0 Å². The predicted octanol–water partition coefficient (Wildman–Crippen LogP) is 3.82. The van der Waals surface area contributed by atoms with Gasteiger partial charge in [0, 0.05) is 23.5 Å². The number of pyridine rings is 2. The van der Waals surface area contributed by atoms with Crippen molar-refractivity contribution in [2.24, 2.45) is 0 Å². The highest BCUT2D eigenvalue weighted by Gasteiger charge is 2.15. The molecule has 5 heteroatoms. The second-order valence-electron chi connectivity index (χ2n) is 4.93. The van der Waals surface area contributed by atoms with Crippen molar-refractivity contribution in [2.75, 3.05) is 0 Å². The third-order valence-corrected chi connectivity index (χ3v) is 3.53. The lowest BCUT2D eigenvalue weighted by Gasteiger charge is -2.06. The predicted molar refractivity (Wildman–Crippen MR) is 81.1 cm³/mol. The van der Waals surface area contributed by atoms with Crippen LogP contribution in [0.15, 0.2) is 42.6 Å². The lowest BCUT2D eigenvalue weighted by atomic mass is 10.1. The van der Waals surface area contributed by atoms with Crippen molar-refractivity contribution in [1.82, 2.24) is 9.97 Å². The van der Waals surface area contributed by atoms with Crippen LogP contribution < -0.4 is 0 Å². The zero-order valence-electron chi connectivity index (χ0n) is 11.7. The third kappa shape index (κ3) is 2.33. The summed E-state index contributed by atoms with van der Waals surface area (Å²) in [6.07, 6.45) is 1.70. The van der Waals surface area contributed by atoms with Gasteiger partial charge < -0.3 is 0 Å². The minimum absolute atomic E-state index is 0.0637. The Morgan fingerprint density at radius 2 is 1.90 bits per heavy atom. The smallest absolute Gasteiger partial charge is 0.261 e. The van der Waals surface area contributed by atoms with E-state index < -0.39 is 0 Å². The fourth-order valence-corrected chi connectivity index (χ4v) is 2.24. The van der Waals surface area contributed by atoms with Crippen molar-refractivity contribution < 1.29 is 4.92 Å². The van der Waals surface area contributed by atoms with E-state index in [2.05, 4.69) is 9.97 Å². The van der Waals surface area contributed by atoms with Crippen LogP contribution in [0.25, 0.3) is 22.2 Å². The van der Waals surface area contributed by atoms with Crippen LogP contribution in [0.2, 0.25) is 0 Å². The minimum Gasteiger partial charge on any atom is -0.261 e. The first-order chi connectivity index (χ1) is 10.1. The molecule has 2 aromatic heterocycles. The molecule has 0 aliphatic heterocycles. The Kier molecular flexibility index (Phi) is 3.10. The second kappa shape index (κ2) is 4.94. The zero-order chi connectivity index (χ0) is 15.0. The molecule has 104 valence electrons. The Labute approximate surface area is 121 Å². The minimum atomic E-state index is -0.373. The fraction of sp³-hybridized carbons (Fsp3) is 0.125. The Morgan fingerprint density at radius 3 is 2.62 bits per heavy atom. The summed E-state index contributed by atoms with van der Waals surface area (Å²) in [7, 11) is 0. The van der Waals surface area contributed by atoms with Crippen molar-refractivity contribution in [1.29, 1.82) is 0 Å².